The maximum Gasteiger partial charge on any atom is 0.116 e. The highest BCUT2D eigenvalue weighted by molar-refractivity contribution is 5.67. The van der Waals surface area contributed by atoms with Crippen molar-refractivity contribution in [1.82, 2.24) is 0 Å². The van der Waals surface area contributed by atoms with Crippen molar-refractivity contribution in [2.24, 2.45) is 5.41 Å². The molecule has 0 saturated heterocycles. The van der Waals surface area contributed by atoms with Crippen LogP contribution in [0.5, 0.6) is 11.5 Å². The maximum atomic E-state index is 9.86. The summed E-state index contributed by atoms with van der Waals surface area (Å²) in [4.78, 5) is 0. The molecule has 0 aliphatic heterocycles. The molecule has 0 saturated carbocycles. The lowest BCUT2D eigenvalue weighted by Gasteiger charge is -2.32. The molecule has 2 aliphatic rings. The first-order valence-corrected chi connectivity index (χ1v) is 7.93. The molecule has 22 heavy (non-hydrogen) atoms. The van der Waals surface area contributed by atoms with Crippen molar-refractivity contribution in [3.63, 3.8) is 0 Å². The summed E-state index contributed by atoms with van der Waals surface area (Å²) in [6.45, 7) is 4.47. The fourth-order valence-electron chi connectivity index (χ4n) is 4.52. The highest BCUT2D eigenvalue weighted by atomic mass is 16.3. The predicted molar refractivity (Wildman–Crippen MR) is 88.3 cm³/mol. The van der Waals surface area contributed by atoms with Crippen LogP contribution in [0.4, 0.5) is 0 Å². The molecule has 2 aromatic rings. The normalized spacial score (nSPS) is 28.1. The van der Waals surface area contributed by atoms with Crippen LogP contribution in [0.3, 0.4) is 0 Å². The van der Waals surface area contributed by atoms with E-state index in [9.17, 15) is 10.2 Å². The molecular formula is C20H20O2. The van der Waals surface area contributed by atoms with Crippen LogP contribution in [0.2, 0.25) is 0 Å². The van der Waals surface area contributed by atoms with Gasteiger partial charge in [0.15, 0.2) is 0 Å². The number of aromatic hydroxyl groups is 2. The van der Waals surface area contributed by atoms with Gasteiger partial charge in [-0.1, -0.05) is 38.1 Å². The van der Waals surface area contributed by atoms with Gasteiger partial charge in [0.1, 0.15) is 11.5 Å². The third kappa shape index (κ3) is 1.61. The van der Waals surface area contributed by atoms with E-state index in [1.165, 1.54) is 16.3 Å². The average Bonchev–Trinajstić information content (AvgIpc) is 2.96. The lowest BCUT2D eigenvalue weighted by atomic mass is 9.71. The van der Waals surface area contributed by atoms with Crippen LogP contribution in [-0.2, 0) is 0 Å². The Morgan fingerprint density at radius 2 is 1.59 bits per heavy atom. The van der Waals surface area contributed by atoms with E-state index in [2.05, 4.69) is 32.1 Å². The molecule has 3 unspecified atom stereocenters. The smallest absolute Gasteiger partial charge is 0.116 e. The first-order valence-electron chi connectivity index (χ1n) is 7.93. The molecule has 112 valence electrons. The molecule has 2 aromatic carbocycles. The molecular weight excluding hydrogens is 272 g/mol. The maximum absolute atomic E-state index is 9.86. The highest BCUT2D eigenvalue weighted by Crippen LogP contribution is 2.59. The van der Waals surface area contributed by atoms with Gasteiger partial charge in [-0.25, -0.2) is 0 Å². The number of phenols is 2. The molecule has 4 rings (SSSR count). The molecule has 0 fully saturated rings. The summed E-state index contributed by atoms with van der Waals surface area (Å²) in [5.41, 5.74) is 2.54. The first-order chi connectivity index (χ1) is 10.5. The SMILES string of the molecule is CCC1c2ccc(O)cc2C(C)C12C=c1ccc(O)cc1=C2. The third-order valence-corrected chi connectivity index (χ3v) is 5.56. The Bertz CT molecular complexity index is 881. The highest BCUT2D eigenvalue weighted by Gasteiger charge is 2.48. The molecule has 0 amide bonds. The van der Waals surface area contributed by atoms with Gasteiger partial charge < -0.3 is 10.2 Å². The molecule has 1 spiro atoms. The minimum Gasteiger partial charge on any atom is -0.508 e. The molecule has 2 aliphatic carbocycles. The van der Waals surface area contributed by atoms with Crippen molar-refractivity contribution in [2.75, 3.05) is 0 Å². The number of hydrogen-bond donors (Lipinski definition) is 2. The summed E-state index contributed by atoms with van der Waals surface area (Å²) < 4.78 is 0. The van der Waals surface area contributed by atoms with Crippen LogP contribution >= 0.6 is 0 Å². The van der Waals surface area contributed by atoms with Gasteiger partial charge in [-0.05, 0) is 64.1 Å². The van der Waals surface area contributed by atoms with Crippen LogP contribution in [0.1, 0.15) is 43.2 Å². The number of phenolic OH excluding ortho intramolecular Hbond substituents is 2. The Morgan fingerprint density at radius 3 is 2.36 bits per heavy atom. The van der Waals surface area contributed by atoms with Gasteiger partial charge in [-0.15, -0.1) is 0 Å². The van der Waals surface area contributed by atoms with E-state index < -0.39 is 0 Å². The van der Waals surface area contributed by atoms with Crippen molar-refractivity contribution in [3.8, 4) is 11.5 Å². The van der Waals surface area contributed by atoms with Crippen LogP contribution in [-0.4, -0.2) is 10.2 Å². The van der Waals surface area contributed by atoms with Gasteiger partial charge >= 0.3 is 0 Å². The lowest BCUT2D eigenvalue weighted by Crippen LogP contribution is -2.22. The summed E-state index contributed by atoms with van der Waals surface area (Å²) in [7, 11) is 0. The fourth-order valence-corrected chi connectivity index (χ4v) is 4.52. The fraction of sp³-hybridized carbons (Fsp3) is 0.300. The molecule has 0 radical (unpaired) electrons. The van der Waals surface area contributed by atoms with Crippen LogP contribution in [0.15, 0.2) is 36.4 Å². The minimum atomic E-state index is -0.0546. The molecule has 2 heteroatoms. The number of benzene rings is 2. The Hall–Kier alpha value is -2.22. The zero-order chi connectivity index (χ0) is 15.5. The van der Waals surface area contributed by atoms with Crippen molar-refractivity contribution < 1.29 is 10.2 Å². The Morgan fingerprint density at radius 1 is 0.909 bits per heavy atom. The van der Waals surface area contributed by atoms with Crippen LogP contribution < -0.4 is 10.4 Å². The van der Waals surface area contributed by atoms with Crippen LogP contribution in [0.25, 0.3) is 12.2 Å². The Labute approximate surface area is 130 Å². The van der Waals surface area contributed by atoms with Gasteiger partial charge in [-0.2, -0.15) is 0 Å². The lowest BCUT2D eigenvalue weighted by molar-refractivity contribution is 0.412. The van der Waals surface area contributed by atoms with E-state index in [-0.39, 0.29) is 5.41 Å². The Kier molecular flexibility index (Phi) is 2.68. The molecule has 2 N–H and O–H groups in total. The molecule has 0 aromatic heterocycles. The van der Waals surface area contributed by atoms with Gasteiger partial charge in [0.25, 0.3) is 0 Å². The molecule has 2 nitrogen and oxygen atoms in total. The third-order valence-electron chi connectivity index (χ3n) is 5.56. The number of hydrogen-bond acceptors (Lipinski definition) is 2. The van der Waals surface area contributed by atoms with E-state index in [1.807, 2.05) is 18.2 Å². The van der Waals surface area contributed by atoms with E-state index in [1.54, 1.807) is 12.1 Å². The zero-order valence-electron chi connectivity index (χ0n) is 12.9. The van der Waals surface area contributed by atoms with Crippen LogP contribution in [0, 0.1) is 5.41 Å². The topological polar surface area (TPSA) is 40.5 Å². The zero-order valence-corrected chi connectivity index (χ0v) is 12.9. The Balaban J connectivity index is 1.97. The predicted octanol–water partition coefficient (Wildman–Crippen LogP) is 2.97. The number of rotatable bonds is 1. The quantitative estimate of drug-likeness (QED) is 0.848. The monoisotopic (exact) mass is 292 g/mol. The van der Waals surface area contributed by atoms with Crippen molar-refractivity contribution in [1.29, 1.82) is 0 Å². The largest absolute Gasteiger partial charge is 0.508 e. The standard InChI is InChI=1S/C20H20O2/c1-3-19-17-7-6-16(22)9-18(17)12(2)20(19)10-13-4-5-15(21)8-14(13)11-20/h4-12,19,21-22H,3H2,1-2H3. The van der Waals surface area contributed by atoms with E-state index >= 15 is 0 Å². The second kappa shape index (κ2) is 4.39. The summed E-state index contributed by atoms with van der Waals surface area (Å²) in [6, 6.07) is 11.4. The van der Waals surface area contributed by atoms with E-state index in [0.29, 0.717) is 23.3 Å². The first kappa shape index (κ1) is 13.4. The van der Waals surface area contributed by atoms with E-state index in [0.717, 1.165) is 11.6 Å². The van der Waals surface area contributed by atoms with Gasteiger partial charge in [0, 0.05) is 5.41 Å². The number of fused-ring (bicyclic) bond motifs is 2. The summed E-state index contributed by atoms with van der Waals surface area (Å²) >= 11 is 0. The molecule has 3 atom stereocenters. The van der Waals surface area contributed by atoms with Gasteiger partial charge in [-0.3, -0.25) is 0 Å². The average molecular weight is 292 g/mol. The molecule has 0 bridgehead atoms. The van der Waals surface area contributed by atoms with Crippen molar-refractivity contribution in [3.05, 3.63) is 58.0 Å². The second-order valence-electron chi connectivity index (χ2n) is 6.60. The van der Waals surface area contributed by atoms with E-state index in [4.69, 9.17) is 0 Å². The second-order valence-corrected chi connectivity index (χ2v) is 6.60. The van der Waals surface area contributed by atoms with Crippen molar-refractivity contribution in [2.45, 2.75) is 32.1 Å². The summed E-state index contributed by atoms with van der Waals surface area (Å²) in [5.74, 6) is 1.38. The van der Waals surface area contributed by atoms with Gasteiger partial charge in [0.05, 0.1) is 0 Å². The summed E-state index contributed by atoms with van der Waals surface area (Å²) in [6.07, 6.45) is 5.73. The summed E-state index contributed by atoms with van der Waals surface area (Å²) in [5, 5.41) is 21.9. The molecule has 0 heterocycles. The minimum absolute atomic E-state index is 0.0546. The van der Waals surface area contributed by atoms with Crippen molar-refractivity contribution >= 4 is 12.2 Å². The van der Waals surface area contributed by atoms with Gasteiger partial charge in [0.2, 0.25) is 0 Å².